The summed E-state index contributed by atoms with van der Waals surface area (Å²) in [4.78, 5) is 28.6. The average Bonchev–Trinajstić information content (AvgIpc) is 2.79. The lowest BCUT2D eigenvalue weighted by molar-refractivity contribution is -0.137. The number of halogens is 4. The highest BCUT2D eigenvalue weighted by Crippen LogP contribution is 2.38. The second-order valence-electron chi connectivity index (χ2n) is 8.03. The summed E-state index contributed by atoms with van der Waals surface area (Å²) in [5.41, 5.74) is -0.450. The summed E-state index contributed by atoms with van der Waals surface area (Å²) < 4.78 is 50.4. The third kappa shape index (κ3) is 5.74. The Morgan fingerprint density at radius 2 is 1.74 bits per heavy atom. The van der Waals surface area contributed by atoms with E-state index in [2.05, 4.69) is 5.32 Å². The number of hydrogen-bond donors (Lipinski definition) is 1. The van der Waals surface area contributed by atoms with Crippen LogP contribution in [0.2, 0.25) is 5.02 Å². The maximum atomic E-state index is 13.1. The first-order chi connectivity index (χ1) is 16.2. The fourth-order valence-corrected chi connectivity index (χ4v) is 4.23. The maximum absolute atomic E-state index is 13.1. The molecule has 2 heterocycles. The van der Waals surface area contributed by atoms with E-state index in [1.165, 1.54) is 18.2 Å². The van der Waals surface area contributed by atoms with Crippen molar-refractivity contribution in [1.29, 1.82) is 0 Å². The second kappa shape index (κ2) is 10.1. The van der Waals surface area contributed by atoms with Crippen molar-refractivity contribution < 1.29 is 32.2 Å². The molecule has 2 amide bonds. The molecule has 0 aliphatic carbocycles. The van der Waals surface area contributed by atoms with Crippen molar-refractivity contribution in [1.82, 2.24) is 9.80 Å². The van der Waals surface area contributed by atoms with E-state index in [0.29, 0.717) is 61.5 Å². The monoisotopic (exact) mass is 497 g/mol. The van der Waals surface area contributed by atoms with Crippen molar-refractivity contribution in [2.24, 2.45) is 0 Å². The number of fused-ring (bicyclic) bond motifs is 1. The highest BCUT2D eigenvalue weighted by atomic mass is 35.5. The zero-order chi connectivity index (χ0) is 24.3. The van der Waals surface area contributed by atoms with Crippen LogP contribution in [0, 0.1) is 0 Å². The summed E-state index contributed by atoms with van der Waals surface area (Å²) in [6.07, 6.45) is -4.41. The third-order valence-electron chi connectivity index (χ3n) is 5.61. The van der Waals surface area contributed by atoms with Gasteiger partial charge in [0.15, 0.2) is 11.5 Å². The van der Waals surface area contributed by atoms with Crippen LogP contribution >= 0.6 is 11.6 Å². The Morgan fingerprint density at radius 1 is 1.03 bits per heavy atom. The van der Waals surface area contributed by atoms with E-state index in [9.17, 15) is 22.8 Å². The first kappa shape index (κ1) is 24.2. The van der Waals surface area contributed by atoms with Crippen LogP contribution in [0.15, 0.2) is 36.4 Å². The fraction of sp³-hybridized carbons (Fsp3) is 0.391. The van der Waals surface area contributed by atoms with Gasteiger partial charge in [0, 0.05) is 26.2 Å². The Kier molecular flexibility index (Phi) is 7.18. The van der Waals surface area contributed by atoms with Crippen molar-refractivity contribution in [2.45, 2.75) is 12.6 Å². The van der Waals surface area contributed by atoms with Gasteiger partial charge in [-0.3, -0.25) is 14.5 Å². The molecule has 0 aromatic heterocycles. The Hall–Kier alpha value is -2.98. The van der Waals surface area contributed by atoms with Gasteiger partial charge in [-0.15, -0.1) is 0 Å². The lowest BCUT2D eigenvalue weighted by atomic mass is 10.1. The number of nitrogens with one attached hydrogen (secondary N) is 1. The van der Waals surface area contributed by atoms with Gasteiger partial charge in [0.2, 0.25) is 11.8 Å². The Balaban J connectivity index is 1.28. The molecule has 1 fully saturated rings. The number of nitrogens with zero attached hydrogens (tertiary/aromatic N) is 2. The Bertz CT molecular complexity index is 1070. The molecule has 34 heavy (non-hydrogen) atoms. The van der Waals surface area contributed by atoms with Gasteiger partial charge in [-0.05, 0) is 29.8 Å². The molecule has 182 valence electrons. The predicted molar refractivity (Wildman–Crippen MR) is 119 cm³/mol. The zero-order valence-electron chi connectivity index (χ0n) is 18.2. The van der Waals surface area contributed by atoms with Crippen LogP contribution in [0.5, 0.6) is 11.5 Å². The summed E-state index contributed by atoms with van der Waals surface area (Å²) in [7, 11) is 0. The number of carbonyl (C=O) groups excluding carboxylic acids is 2. The number of ether oxygens (including phenoxy) is 2. The van der Waals surface area contributed by atoms with E-state index in [4.69, 9.17) is 21.1 Å². The van der Waals surface area contributed by atoms with E-state index in [1.54, 1.807) is 21.9 Å². The molecule has 0 spiro atoms. The van der Waals surface area contributed by atoms with E-state index in [0.717, 1.165) is 6.07 Å². The molecule has 2 aliphatic heterocycles. The summed E-state index contributed by atoms with van der Waals surface area (Å²) >= 11 is 6.24. The van der Waals surface area contributed by atoms with Crippen LogP contribution in [0.3, 0.4) is 0 Å². The number of piperazine rings is 1. The normalized spacial score (nSPS) is 16.3. The second-order valence-corrected chi connectivity index (χ2v) is 8.43. The molecule has 1 saturated heterocycles. The molecule has 11 heteroatoms. The Labute approximate surface area is 199 Å². The lowest BCUT2D eigenvalue weighted by Crippen LogP contribution is -2.50. The van der Waals surface area contributed by atoms with E-state index < -0.39 is 17.6 Å². The molecule has 0 saturated carbocycles. The van der Waals surface area contributed by atoms with E-state index in [-0.39, 0.29) is 24.6 Å². The van der Waals surface area contributed by atoms with Gasteiger partial charge < -0.3 is 19.7 Å². The van der Waals surface area contributed by atoms with Crippen molar-refractivity contribution in [3.63, 3.8) is 0 Å². The van der Waals surface area contributed by atoms with Crippen molar-refractivity contribution >= 4 is 29.1 Å². The molecular weight excluding hydrogens is 475 g/mol. The van der Waals surface area contributed by atoms with E-state index in [1.807, 2.05) is 0 Å². The van der Waals surface area contributed by atoms with Gasteiger partial charge in [0.05, 0.1) is 29.2 Å². The molecule has 0 radical (unpaired) electrons. The van der Waals surface area contributed by atoms with Gasteiger partial charge in [0.1, 0.15) is 13.2 Å². The first-order valence-corrected chi connectivity index (χ1v) is 11.1. The lowest BCUT2D eigenvalue weighted by Gasteiger charge is -2.34. The summed E-state index contributed by atoms with van der Waals surface area (Å²) in [5, 5.41) is 2.74. The number of benzene rings is 2. The number of hydrogen-bond acceptors (Lipinski definition) is 5. The molecule has 1 N–H and O–H groups in total. The number of anilines is 1. The smallest absolute Gasteiger partial charge is 0.418 e. The standard InChI is InChI=1S/C23H23ClF3N3O4/c24-17-11-15(12-19-22(17)34-10-9-33-19)13-21(32)30-7-5-29(6-8-30)14-20(31)28-18-4-2-1-3-16(18)23(25,26)27/h1-4,11-12H,5-10,13-14H2,(H,28,31). The van der Waals surface area contributed by atoms with E-state index >= 15 is 0 Å². The summed E-state index contributed by atoms with van der Waals surface area (Å²) in [6, 6.07) is 8.29. The number of carbonyl (C=O) groups is 2. The van der Waals surface area contributed by atoms with Gasteiger partial charge in [-0.25, -0.2) is 0 Å². The highest BCUT2D eigenvalue weighted by molar-refractivity contribution is 6.32. The first-order valence-electron chi connectivity index (χ1n) is 10.7. The quantitative estimate of drug-likeness (QED) is 0.685. The third-order valence-corrected chi connectivity index (χ3v) is 5.89. The zero-order valence-corrected chi connectivity index (χ0v) is 18.9. The highest BCUT2D eigenvalue weighted by Gasteiger charge is 2.33. The topological polar surface area (TPSA) is 71.1 Å². The molecular formula is C23H23ClF3N3O4. The molecule has 4 rings (SSSR count). The number of amides is 2. The average molecular weight is 498 g/mol. The summed E-state index contributed by atoms with van der Waals surface area (Å²) in [6.45, 7) is 2.45. The van der Waals surface area contributed by atoms with Crippen LogP contribution in [-0.4, -0.2) is 67.6 Å². The van der Waals surface area contributed by atoms with Crippen LogP contribution in [0.1, 0.15) is 11.1 Å². The van der Waals surface area contributed by atoms with Gasteiger partial charge >= 0.3 is 6.18 Å². The van der Waals surface area contributed by atoms with Crippen LogP contribution < -0.4 is 14.8 Å². The van der Waals surface area contributed by atoms with Crippen LogP contribution in [-0.2, 0) is 22.2 Å². The Morgan fingerprint density at radius 3 is 2.47 bits per heavy atom. The van der Waals surface area contributed by atoms with Crippen LogP contribution in [0.25, 0.3) is 0 Å². The SMILES string of the molecule is O=C(CN1CCN(C(=O)Cc2cc(Cl)c3c(c2)OCCO3)CC1)Nc1ccccc1C(F)(F)F. The minimum atomic E-state index is -4.56. The predicted octanol–water partition coefficient (Wildman–Crippen LogP) is 3.46. The van der Waals surface area contributed by atoms with Gasteiger partial charge in [-0.2, -0.15) is 13.2 Å². The van der Waals surface area contributed by atoms with Gasteiger partial charge in [-0.1, -0.05) is 23.7 Å². The molecule has 2 aromatic rings. The number of alkyl halides is 3. The van der Waals surface area contributed by atoms with Crippen molar-refractivity contribution in [3.8, 4) is 11.5 Å². The molecule has 0 unspecified atom stereocenters. The molecule has 0 bridgehead atoms. The molecule has 0 atom stereocenters. The minimum Gasteiger partial charge on any atom is -0.486 e. The molecule has 2 aromatic carbocycles. The maximum Gasteiger partial charge on any atom is 0.418 e. The fourth-order valence-electron chi connectivity index (χ4n) is 3.94. The van der Waals surface area contributed by atoms with Gasteiger partial charge in [0.25, 0.3) is 0 Å². The van der Waals surface area contributed by atoms with Crippen molar-refractivity contribution in [3.05, 3.63) is 52.5 Å². The molecule has 2 aliphatic rings. The minimum absolute atomic E-state index is 0.0635. The van der Waals surface area contributed by atoms with Crippen molar-refractivity contribution in [2.75, 3.05) is 51.3 Å². The summed E-state index contributed by atoms with van der Waals surface area (Å²) in [5.74, 6) is 0.372. The van der Waals surface area contributed by atoms with Crippen LogP contribution in [0.4, 0.5) is 18.9 Å². The number of para-hydroxylation sites is 1. The number of rotatable bonds is 5. The largest absolute Gasteiger partial charge is 0.486 e. The molecule has 7 nitrogen and oxygen atoms in total.